The molecule has 0 aliphatic heterocycles. The van der Waals surface area contributed by atoms with E-state index in [4.69, 9.17) is 10.5 Å². The molecule has 110 valence electrons. The van der Waals surface area contributed by atoms with Gasteiger partial charge < -0.3 is 15.2 Å². The highest BCUT2D eigenvalue weighted by Crippen LogP contribution is 2.37. The summed E-state index contributed by atoms with van der Waals surface area (Å²) in [6.07, 6.45) is 4.32. The van der Waals surface area contributed by atoms with Gasteiger partial charge in [0.15, 0.2) is 5.69 Å². The van der Waals surface area contributed by atoms with E-state index < -0.39 is 5.97 Å². The minimum absolute atomic E-state index is 0.116. The number of hydrogen-bond donors (Lipinski definition) is 1. The second-order valence-corrected chi connectivity index (χ2v) is 6.06. The number of esters is 1. The lowest BCUT2D eigenvalue weighted by Crippen LogP contribution is -2.29. The Balaban J connectivity index is 2.07. The van der Waals surface area contributed by atoms with Crippen LogP contribution in [0.25, 0.3) is 0 Å². The fourth-order valence-corrected chi connectivity index (χ4v) is 2.41. The summed E-state index contributed by atoms with van der Waals surface area (Å²) in [6.45, 7) is 4.54. The van der Waals surface area contributed by atoms with Crippen molar-refractivity contribution in [3.05, 3.63) is 17.8 Å². The molecule has 1 aliphatic carbocycles. The van der Waals surface area contributed by atoms with E-state index in [1.54, 1.807) is 6.07 Å². The molecule has 5 nitrogen and oxygen atoms in total. The second kappa shape index (κ2) is 5.69. The molecule has 1 aromatic rings. The minimum atomic E-state index is -0.486. The molecule has 1 heterocycles. The predicted molar refractivity (Wildman–Crippen MR) is 76.7 cm³/mol. The Hall–Kier alpha value is -1.78. The Morgan fingerprint density at radius 2 is 2.00 bits per heavy atom. The van der Waals surface area contributed by atoms with Crippen molar-refractivity contribution in [3.63, 3.8) is 0 Å². The van der Waals surface area contributed by atoms with Gasteiger partial charge >= 0.3 is 5.97 Å². The number of aromatic nitrogens is 1. The number of anilines is 1. The smallest absolute Gasteiger partial charge is 0.356 e. The molecule has 1 saturated carbocycles. The zero-order chi connectivity index (χ0) is 14.8. The van der Waals surface area contributed by atoms with Crippen LogP contribution in [0.5, 0.6) is 5.88 Å². The molecule has 0 spiro atoms. The number of hydrogen-bond acceptors (Lipinski definition) is 5. The van der Waals surface area contributed by atoms with Crippen LogP contribution in [0.1, 0.15) is 50.0 Å². The highest BCUT2D eigenvalue weighted by Gasteiger charge is 2.28. The Bertz CT molecular complexity index is 490. The van der Waals surface area contributed by atoms with Crippen LogP contribution in [-0.4, -0.2) is 24.2 Å². The van der Waals surface area contributed by atoms with Crippen molar-refractivity contribution in [2.24, 2.45) is 5.41 Å². The molecule has 0 unspecified atom stereocenters. The van der Waals surface area contributed by atoms with Gasteiger partial charge in [-0.2, -0.15) is 0 Å². The number of nitrogens with zero attached hydrogens (tertiary/aromatic N) is 1. The zero-order valence-corrected chi connectivity index (χ0v) is 12.3. The van der Waals surface area contributed by atoms with Crippen LogP contribution in [0.15, 0.2) is 12.1 Å². The number of nitrogens with two attached hydrogens (primary N) is 1. The average molecular weight is 278 g/mol. The van der Waals surface area contributed by atoms with Gasteiger partial charge in [0.1, 0.15) is 6.10 Å². The van der Waals surface area contributed by atoms with E-state index in [9.17, 15) is 4.79 Å². The number of carbonyl (C=O) groups excluding carboxylic acids is 1. The molecule has 1 aromatic heterocycles. The topological polar surface area (TPSA) is 74.4 Å². The number of pyridine rings is 1. The highest BCUT2D eigenvalue weighted by molar-refractivity contribution is 5.87. The Kier molecular flexibility index (Phi) is 4.16. The van der Waals surface area contributed by atoms with Gasteiger partial charge in [-0.3, -0.25) is 0 Å². The van der Waals surface area contributed by atoms with E-state index in [1.165, 1.54) is 13.2 Å². The molecular weight excluding hydrogens is 256 g/mol. The first-order chi connectivity index (χ1) is 9.41. The maximum Gasteiger partial charge on any atom is 0.356 e. The molecule has 2 N–H and O–H groups in total. The van der Waals surface area contributed by atoms with Crippen molar-refractivity contribution in [1.29, 1.82) is 0 Å². The maximum atomic E-state index is 11.5. The van der Waals surface area contributed by atoms with Crippen molar-refractivity contribution >= 4 is 11.7 Å². The average Bonchev–Trinajstić information content (AvgIpc) is 2.42. The van der Waals surface area contributed by atoms with Crippen LogP contribution in [0.4, 0.5) is 5.69 Å². The third-order valence-corrected chi connectivity index (χ3v) is 3.85. The summed E-state index contributed by atoms with van der Waals surface area (Å²) >= 11 is 0. The van der Waals surface area contributed by atoms with Gasteiger partial charge in [-0.1, -0.05) is 13.8 Å². The monoisotopic (exact) mass is 278 g/mol. The normalized spacial score (nSPS) is 18.6. The maximum absolute atomic E-state index is 11.5. The van der Waals surface area contributed by atoms with Gasteiger partial charge in [0.2, 0.25) is 5.88 Å². The molecule has 20 heavy (non-hydrogen) atoms. The molecule has 0 amide bonds. The Morgan fingerprint density at radius 3 is 2.60 bits per heavy atom. The van der Waals surface area contributed by atoms with Crippen LogP contribution in [0.2, 0.25) is 0 Å². The summed E-state index contributed by atoms with van der Waals surface area (Å²) in [5.74, 6) is -0.155. The van der Waals surface area contributed by atoms with Gasteiger partial charge in [0, 0.05) is 0 Å². The van der Waals surface area contributed by atoms with Gasteiger partial charge in [-0.15, -0.1) is 0 Å². The first-order valence-corrected chi connectivity index (χ1v) is 6.93. The van der Waals surface area contributed by atoms with Gasteiger partial charge in [0.05, 0.1) is 12.8 Å². The van der Waals surface area contributed by atoms with E-state index in [2.05, 4.69) is 23.6 Å². The summed E-state index contributed by atoms with van der Waals surface area (Å²) in [4.78, 5) is 15.6. The van der Waals surface area contributed by atoms with E-state index in [0.29, 0.717) is 17.0 Å². The van der Waals surface area contributed by atoms with E-state index in [1.807, 2.05) is 0 Å². The van der Waals surface area contributed by atoms with Crippen LogP contribution >= 0.6 is 0 Å². The SMILES string of the molecule is COC(=O)c1ccc(N)c(OC2CCC(C)(C)CC2)n1. The number of carbonyl (C=O) groups is 1. The van der Waals surface area contributed by atoms with E-state index in [0.717, 1.165) is 25.7 Å². The fraction of sp³-hybridized carbons (Fsp3) is 0.600. The van der Waals surface area contributed by atoms with Gasteiger partial charge in [-0.25, -0.2) is 9.78 Å². The van der Waals surface area contributed by atoms with Gasteiger partial charge in [-0.05, 0) is 43.2 Å². The van der Waals surface area contributed by atoms with E-state index >= 15 is 0 Å². The quantitative estimate of drug-likeness (QED) is 0.860. The number of rotatable bonds is 3. The third kappa shape index (κ3) is 3.40. The first kappa shape index (κ1) is 14.6. The molecule has 0 aromatic carbocycles. The number of methoxy groups -OCH3 is 1. The molecular formula is C15H22N2O3. The lowest BCUT2D eigenvalue weighted by molar-refractivity contribution is 0.0589. The first-order valence-electron chi connectivity index (χ1n) is 6.93. The second-order valence-electron chi connectivity index (χ2n) is 6.06. The molecule has 5 heteroatoms. The minimum Gasteiger partial charge on any atom is -0.473 e. The zero-order valence-electron chi connectivity index (χ0n) is 12.3. The molecule has 0 radical (unpaired) electrons. The molecule has 0 saturated heterocycles. The lowest BCUT2D eigenvalue weighted by atomic mass is 9.76. The summed E-state index contributed by atoms with van der Waals surface area (Å²) < 4.78 is 10.5. The van der Waals surface area contributed by atoms with Crippen LogP contribution in [0.3, 0.4) is 0 Å². The van der Waals surface area contributed by atoms with Crippen LogP contribution in [-0.2, 0) is 4.74 Å². The van der Waals surface area contributed by atoms with Crippen molar-refractivity contribution in [1.82, 2.24) is 4.98 Å². The molecule has 0 atom stereocenters. The molecule has 1 fully saturated rings. The van der Waals surface area contributed by atoms with Crippen molar-refractivity contribution in [2.75, 3.05) is 12.8 Å². The Morgan fingerprint density at radius 1 is 1.35 bits per heavy atom. The highest BCUT2D eigenvalue weighted by atomic mass is 16.5. The summed E-state index contributed by atoms with van der Waals surface area (Å²) in [5, 5.41) is 0. The molecule has 1 aliphatic rings. The molecule has 0 bridgehead atoms. The van der Waals surface area contributed by atoms with Gasteiger partial charge in [0.25, 0.3) is 0 Å². The third-order valence-electron chi connectivity index (χ3n) is 3.85. The van der Waals surface area contributed by atoms with E-state index in [-0.39, 0.29) is 11.8 Å². The summed E-state index contributed by atoms with van der Waals surface area (Å²) in [7, 11) is 1.32. The van der Waals surface area contributed by atoms with Crippen LogP contribution < -0.4 is 10.5 Å². The lowest BCUT2D eigenvalue weighted by Gasteiger charge is -2.34. The van der Waals surface area contributed by atoms with Crippen molar-refractivity contribution in [3.8, 4) is 5.88 Å². The predicted octanol–water partition coefficient (Wildman–Crippen LogP) is 2.80. The largest absolute Gasteiger partial charge is 0.473 e. The number of nitrogen functional groups attached to an aromatic ring is 1. The Labute approximate surface area is 119 Å². The standard InChI is InChI=1S/C15H22N2O3/c1-15(2)8-6-10(7-9-15)20-13-11(16)4-5-12(17-13)14(18)19-3/h4-5,10H,6-9,16H2,1-3H3. The molecule has 2 rings (SSSR count). The fourth-order valence-electron chi connectivity index (χ4n) is 2.41. The van der Waals surface area contributed by atoms with Crippen molar-refractivity contribution < 1.29 is 14.3 Å². The summed E-state index contributed by atoms with van der Waals surface area (Å²) in [5.41, 5.74) is 6.91. The summed E-state index contributed by atoms with van der Waals surface area (Å²) in [6, 6.07) is 3.17. The number of ether oxygens (including phenoxy) is 2. The van der Waals surface area contributed by atoms with Crippen molar-refractivity contribution in [2.45, 2.75) is 45.6 Å². The van der Waals surface area contributed by atoms with Crippen LogP contribution in [0, 0.1) is 5.41 Å².